The van der Waals surface area contributed by atoms with Gasteiger partial charge in [-0.05, 0) is 83.7 Å². The predicted octanol–water partition coefficient (Wildman–Crippen LogP) is 6.67. The van der Waals surface area contributed by atoms with Gasteiger partial charge in [-0.2, -0.15) is 0 Å². The first kappa shape index (κ1) is 20.3. The van der Waals surface area contributed by atoms with Crippen LogP contribution < -0.4 is 9.80 Å². The molecular formula is C26H34N2. The molecule has 0 atom stereocenters. The fourth-order valence-electron chi connectivity index (χ4n) is 4.67. The van der Waals surface area contributed by atoms with E-state index in [2.05, 4.69) is 102 Å². The molecule has 0 spiro atoms. The monoisotopic (exact) mass is 374 g/mol. The number of benzene rings is 2. The predicted molar refractivity (Wildman–Crippen MR) is 124 cm³/mol. The maximum Gasteiger partial charge on any atom is 0.113 e. The van der Waals surface area contributed by atoms with E-state index in [9.17, 15) is 0 Å². The Morgan fingerprint density at radius 2 is 1.07 bits per heavy atom. The van der Waals surface area contributed by atoms with Crippen molar-refractivity contribution >= 4 is 11.4 Å². The summed E-state index contributed by atoms with van der Waals surface area (Å²) in [6, 6.07) is 9.20. The van der Waals surface area contributed by atoms with Crippen molar-refractivity contribution in [3.8, 4) is 0 Å². The van der Waals surface area contributed by atoms with Crippen LogP contribution in [0.2, 0.25) is 0 Å². The maximum atomic E-state index is 2.51. The summed E-state index contributed by atoms with van der Waals surface area (Å²) in [5.41, 5.74) is 12.0. The molecule has 0 radical (unpaired) electrons. The summed E-state index contributed by atoms with van der Waals surface area (Å²) >= 11 is 0. The molecule has 0 unspecified atom stereocenters. The van der Waals surface area contributed by atoms with Gasteiger partial charge in [0.1, 0.15) is 5.82 Å². The molecule has 0 amide bonds. The molecule has 0 saturated carbocycles. The van der Waals surface area contributed by atoms with Crippen LogP contribution in [0.5, 0.6) is 0 Å². The van der Waals surface area contributed by atoms with Crippen molar-refractivity contribution in [1.82, 2.24) is 0 Å². The third-order valence-electron chi connectivity index (χ3n) is 5.72. The van der Waals surface area contributed by atoms with Crippen LogP contribution in [-0.2, 0) is 0 Å². The second-order valence-corrected chi connectivity index (χ2v) is 8.33. The molecule has 2 aromatic carbocycles. The molecule has 1 saturated heterocycles. The van der Waals surface area contributed by atoms with Gasteiger partial charge in [0.25, 0.3) is 0 Å². The molecule has 1 fully saturated rings. The fourth-order valence-corrected chi connectivity index (χ4v) is 4.67. The van der Waals surface area contributed by atoms with Crippen molar-refractivity contribution in [2.45, 2.75) is 55.4 Å². The SMILES string of the molecule is CC=C(C)C=C1N(c2c(C)cc(C)cc2C)CCN1c1c(C)cc(C)cc1C. The van der Waals surface area contributed by atoms with E-state index in [0.29, 0.717) is 0 Å². The molecule has 3 rings (SSSR count). The number of allylic oxidation sites excluding steroid dienone is 3. The van der Waals surface area contributed by atoms with Gasteiger partial charge in [0.05, 0.1) is 0 Å². The van der Waals surface area contributed by atoms with Gasteiger partial charge in [-0.1, -0.05) is 47.0 Å². The van der Waals surface area contributed by atoms with Crippen molar-refractivity contribution < 1.29 is 0 Å². The minimum Gasteiger partial charge on any atom is -0.325 e. The summed E-state index contributed by atoms with van der Waals surface area (Å²) in [5.74, 6) is 1.28. The van der Waals surface area contributed by atoms with Crippen LogP contribution in [0, 0.1) is 41.5 Å². The Kier molecular flexibility index (Phi) is 5.69. The first-order valence-corrected chi connectivity index (χ1v) is 10.3. The Balaban J connectivity index is 2.17. The van der Waals surface area contributed by atoms with Gasteiger partial charge >= 0.3 is 0 Å². The normalized spacial score (nSPS) is 14.9. The van der Waals surface area contributed by atoms with Crippen LogP contribution in [0.4, 0.5) is 11.4 Å². The van der Waals surface area contributed by atoms with Gasteiger partial charge < -0.3 is 9.80 Å². The molecular weight excluding hydrogens is 340 g/mol. The standard InChI is InChI=1S/C26H34N2/c1-9-17(2)16-24-27(25-20(5)12-18(3)13-21(25)6)10-11-28(24)26-22(7)14-19(4)15-23(26)8/h9,12-16H,10-11H2,1-8H3. The highest BCUT2D eigenvalue weighted by Gasteiger charge is 2.30. The lowest BCUT2D eigenvalue weighted by Crippen LogP contribution is -2.25. The lowest BCUT2D eigenvalue weighted by atomic mass is 10.0. The summed E-state index contributed by atoms with van der Waals surface area (Å²) in [5, 5.41) is 0. The molecule has 2 aromatic rings. The van der Waals surface area contributed by atoms with Gasteiger partial charge in [-0.15, -0.1) is 0 Å². The third-order valence-corrected chi connectivity index (χ3v) is 5.72. The molecule has 1 aliphatic heterocycles. The average Bonchev–Trinajstić information content (AvgIpc) is 2.96. The van der Waals surface area contributed by atoms with E-state index >= 15 is 0 Å². The van der Waals surface area contributed by atoms with Crippen LogP contribution in [-0.4, -0.2) is 13.1 Å². The highest BCUT2D eigenvalue weighted by Crippen LogP contribution is 2.38. The van der Waals surface area contributed by atoms with Gasteiger partial charge in [0.15, 0.2) is 0 Å². The number of hydrogen-bond donors (Lipinski definition) is 0. The topological polar surface area (TPSA) is 6.48 Å². The Hall–Kier alpha value is -2.48. The molecule has 0 aliphatic carbocycles. The van der Waals surface area contributed by atoms with E-state index in [1.54, 1.807) is 0 Å². The molecule has 2 nitrogen and oxygen atoms in total. The Labute approximate surface area is 171 Å². The van der Waals surface area contributed by atoms with Crippen molar-refractivity contribution in [3.05, 3.63) is 81.2 Å². The average molecular weight is 375 g/mol. The highest BCUT2D eigenvalue weighted by molar-refractivity contribution is 5.73. The summed E-state index contributed by atoms with van der Waals surface area (Å²) < 4.78 is 0. The first-order valence-electron chi connectivity index (χ1n) is 10.3. The van der Waals surface area contributed by atoms with E-state index < -0.39 is 0 Å². The Morgan fingerprint density at radius 3 is 1.39 bits per heavy atom. The van der Waals surface area contributed by atoms with Gasteiger partial charge in [0.2, 0.25) is 0 Å². The molecule has 148 valence electrons. The second kappa shape index (κ2) is 7.87. The van der Waals surface area contributed by atoms with E-state index in [1.165, 1.54) is 56.1 Å². The summed E-state index contributed by atoms with van der Waals surface area (Å²) in [7, 11) is 0. The van der Waals surface area contributed by atoms with E-state index in [-0.39, 0.29) is 0 Å². The van der Waals surface area contributed by atoms with E-state index in [0.717, 1.165) is 13.1 Å². The van der Waals surface area contributed by atoms with Crippen molar-refractivity contribution in [3.63, 3.8) is 0 Å². The van der Waals surface area contributed by atoms with E-state index in [1.807, 2.05) is 0 Å². The van der Waals surface area contributed by atoms with Gasteiger partial charge in [0, 0.05) is 24.5 Å². The number of aryl methyl sites for hydroxylation is 6. The van der Waals surface area contributed by atoms with Gasteiger partial charge in [-0.25, -0.2) is 0 Å². The fraction of sp³-hybridized carbons (Fsp3) is 0.385. The second-order valence-electron chi connectivity index (χ2n) is 8.33. The molecule has 0 aromatic heterocycles. The zero-order valence-electron chi connectivity index (χ0n) is 18.8. The van der Waals surface area contributed by atoms with Gasteiger partial charge in [-0.3, -0.25) is 0 Å². The molecule has 1 heterocycles. The van der Waals surface area contributed by atoms with Crippen LogP contribution in [0.3, 0.4) is 0 Å². The van der Waals surface area contributed by atoms with Crippen LogP contribution >= 0.6 is 0 Å². The number of nitrogens with zero attached hydrogens (tertiary/aromatic N) is 2. The Morgan fingerprint density at radius 1 is 0.714 bits per heavy atom. The van der Waals surface area contributed by atoms with Crippen LogP contribution in [0.1, 0.15) is 47.2 Å². The zero-order chi connectivity index (χ0) is 20.6. The minimum atomic E-state index is 1.00. The van der Waals surface area contributed by atoms with Crippen molar-refractivity contribution in [1.29, 1.82) is 0 Å². The first-order chi connectivity index (χ1) is 13.2. The maximum absolute atomic E-state index is 2.51. The van der Waals surface area contributed by atoms with Crippen molar-refractivity contribution in [2.24, 2.45) is 0 Å². The lowest BCUT2D eigenvalue weighted by Gasteiger charge is -2.30. The smallest absolute Gasteiger partial charge is 0.113 e. The summed E-state index contributed by atoms with van der Waals surface area (Å²) in [4.78, 5) is 5.02. The Bertz CT molecular complexity index is 849. The molecule has 1 aliphatic rings. The van der Waals surface area contributed by atoms with Crippen LogP contribution in [0.15, 0.2) is 47.8 Å². The summed E-state index contributed by atoms with van der Waals surface area (Å²) in [6.07, 6.45) is 4.52. The molecule has 0 bridgehead atoms. The minimum absolute atomic E-state index is 1.00. The lowest BCUT2D eigenvalue weighted by molar-refractivity contribution is 1.01. The number of hydrogen-bond acceptors (Lipinski definition) is 2. The number of anilines is 2. The molecule has 2 heteroatoms. The zero-order valence-corrected chi connectivity index (χ0v) is 18.8. The largest absolute Gasteiger partial charge is 0.325 e. The third kappa shape index (κ3) is 3.73. The highest BCUT2D eigenvalue weighted by atomic mass is 15.4. The quantitative estimate of drug-likeness (QED) is 0.592. The van der Waals surface area contributed by atoms with Crippen LogP contribution in [0.25, 0.3) is 0 Å². The summed E-state index contributed by atoms with van der Waals surface area (Å²) in [6.45, 7) is 19.6. The van der Waals surface area contributed by atoms with Crippen molar-refractivity contribution in [2.75, 3.05) is 22.9 Å². The van der Waals surface area contributed by atoms with E-state index in [4.69, 9.17) is 0 Å². The number of rotatable bonds is 3. The molecule has 28 heavy (non-hydrogen) atoms. The molecule has 0 N–H and O–H groups in total.